The second-order valence-corrected chi connectivity index (χ2v) is 8.49. The number of aliphatic hydroxyl groups is 3. The Morgan fingerprint density at radius 1 is 1.21 bits per heavy atom. The summed E-state index contributed by atoms with van der Waals surface area (Å²) in [5.74, 6) is -1.54. The molecule has 1 aliphatic rings. The van der Waals surface area contributed by atoms with Crippen LogP contribution in [0.3, 0.4) is 0 Å². The van der Waals surface area contributed by atoms with Crippen molar-refractivity contribution in [3.63, 3.8) is 0 Å². The van der Waals surface area contributed by atoms with Crippen LogP contribution in [0.5, 0.6) is 11.5 Å². The molecule has 0 spiro atoms. The number of benzene rings is 1. The van der Waals surface area contributed by atoms with Crippen LogP contribution in [0.2, 0.25) is 0 Å². The molecule has 0 saturated carbocycles. The summed E-state index contributed by atoms with van der Waals surface area (Å²) in [6.45, 7) is 0.534. The van der Waals surface area contributed by atoms with Crippen LogP contribution in [0, 0.1) is 0 Å². The number of ether oxygens (including phenoxy) is 4. The SMILES string of the molecule is CN(CCC(=O)NCCOCCOc1cc(OC2OC(C(=O)O)CC(O)[C@H]2O)ccc1CO)C(=O)/C=C\C=O. The highest BCUT2D eigenvalue weighted by Gasteiger charge is 2.41. The Morgan fingerprint density at radius 2 is 1.97 bits per heavy atom. The molecule has 1 fully saturated rings. The van der Waals surface area contributed by atoms with E-state index in [2.05, 4.69) is 5.32 Å². The summed E-state index contributed by atoms with van der Waals surface area (Å²) < 4.78 is 21.8. The molecule has 1 heterocycles. The van der Waals surface area contributed by atoms with Gasteiger partial charge in [0.05, 0.1) is 25.9 Å². The van der Waals surface area contributed by atoms with Crippen molar-refractivity contribution in [1.82, 2.24) is 10.2 Å². The van der Waals surface area contributed by atoms with Crippen molar-refractivity contribution in [2.75, 3.05) is 40.0 Å². The molecule has 3 unspecified atom stereocenters. The fraction of sp³-hybridized carbons (Fsp3) is 0.520. The van der Waals surface area contributed by atoms with Gasteiger partial charge < -0.3 is 49.6 Å². The van der Waals surface area contributed by atoms with Gasteiger partial charge in [-0.15, -0.1) is 0 Å². The van der Waals surface area contributed by atoms with Crippen LogP contribution in [0.15, 0.2) is 30.4 Å². The lowest BCUT2D eigenvalue weighted by Crippen LogP contribution is -2.52. The summed E-state index contributed by atoms with van der Waals surface area (Å²) in [5, 5.41) is 41.4. The summed E-state index contributed by atoms with van der Waals surface area (Å²) in [4.78, 5) is 46.3. The van der Waals surface area contributed by atoms with E-state index < -0.39 is 30.6 Å². The summed E-state index contributed by atoms with van der Waals surface area (Å²) in [7, 11) is 1.52. The topological polar surface area (TPSA) is 201 Å². The molecule has 1 aliphatic heterocycles. The summed E-state index contributed by atoms with van der Waals surface area (Å²) in [5.41, 5.74) is 0.438. The number of rotatable bonds is 16. The molecule has 0 aliphatic carbocycles. The third-order valence-corrected chi connectivity index (χ3v) is 5.59. The number of nitrogens with one attached hydrogen (secondary N) is 1. The van der Waals surface area contributed by atoms with Crippen LogP contribution in [0.1, 0.15) is 18.4 Å². The van der Waals surface area contributed by atoms with E-state index in [-0.39, 0.29) is 75.7 Å². The first-order chi connectivity index (χ1) is 18.7. The largest absolute Gasteiger partial charge is 0.491 e. The standard InChI is InChI=1S/C25H34N2O12/c1-27(22(32)3-2-9-28)8-6-21(31)26-7-10-36-11-12-37-19-13-17(5-4-16(19)15-29)38-25-23(33)18(30)14-20(39-25)24(34)35/h2-5,9,13,18,20,23,25,29-30,33H,6-8,10-12,14-15H2,1H3,(H,26,31)(H,34,35)/b3-2-/t18?,20?,23-,25?/m1/s1. The number of hydrogen-bond donors (Lipinski definition) is 5. The monoisotopic (exact) mass is 554 g/mol. The van der Waals surface area contributed by atoms with Gasteiger partial charge in [0.25, 0.3) is 0 Å². The maximum Gasteiger partial charge on any atom is 0.333 e. The molecular weight excluding hydrogens is 520 g/mol. The molecule has 1 aromatic rings. The number of nitrogens with zero attached hydrogens (tertiary/aromatic N) is 1. The van der Waals surface area contributed by atoms with Crippen LogP contribution in [-0.4, -0.2) is 114 Å². The number of carbonyl (C=O) groups is 4. The highest BCUT2D eigenvalue weighted by Crippen LogP contribution is 2.29. The average Bonchev–Trinajstić information content (AvgIpc) is 2.92. The van der Waals surface area contributed by atoms with Gasteiger partial charge >= 0.3 is 5.97 Å². The van der Waals surface area contributed by atoms with Gasteiger partial charge in [0.15, 0.2) is 6.10 Å². The maximum absolute atomic E-state index is 11.9. The van der Waals surface area contributed by atoms with Gasteiger partial charge in [-0.05, 0) is 18.2 Å². The molecular formula is C25H34N2O12. The lowest BCUT2D eigenvalue weighted by Gasteiger charge is -2.35. The minimum absolute atomic E-state index is 0.0848. The van der Waals surface area contributed by atoms with Crippen LogP contribution in [0.25, 0.3) is 0 Å². The predicted octanol–water partition coefficient (Wildman–Crippen LogP) is -1.41. The molecule has 39 heavy (non-hydrogen) atoms. The molecule has 14 heteroatoms. The number of allylic oxidation sites excluding steroid dienone is 1. The van der Waals surface area contributed by atoms with E-state index >= 15 is 0 Å². The number of carbonyl (C=O) groups excluding carboxylic acids is 3. The molecule has 1 aromatic carbocycles. The van der Waals surface area contributed by atoms with Crippen molar-refractivity contribution >= 4 is 24.1 Å². The van der Waals surface area contributed by atoms with Crippen molar-refractivity contribution in [2.24, 2.45) is 0 Å². The number of carboxylic acids is 1. The lowest BCUT2D eigenvalue weighted by atomic mass is 10.0. The molecule has 0 radical (unpaired) electrons. The third-order valence-electron chi connectivity index (χ3n) is 5.59. The Hall–Kier alpha value is -3.56. The van der Waals surface area contributed by atoms with Crippen LogP contribution in [0.4, 0.5) is 0 Å². The first-order valence-electron chi connectivity index (χ1n) is 12.1. The molecule has 1 saturated heterocycles. The minimum Gasteiger partial charge on any atom is -0.491 e. The van der Waals surface area contributed by atoms with Crippen molar-refractivity contribution < 1.29 is 58.6 Å². The smallest absolute Gasteiger partial charge is 0.333 e. The highest BCUT2D eigenvalue weighted by molar-refractivity contribution is 5.91. The van der Waals surface area contributed by atoms with Crippen LogP contribution >= 0.6 is 0 Å². The summed E-state index contributed by atoms with van der Waals surface area (Å²) in [6, 6.07) is 4.42. The van der Waals surface area contributed by atoms with Crippen LogP contribution < -0.4 is 14.8 Å². The first kappa shape index (κ1) is 31.7. The Balaban J connectivity index is 1.73. The highest BCUT2D eigenvalue weighted by atomic mass is 16.7. The van der Waals surface area contributed by atoms with Crippen molar-refractivity contribution in [3.8, 4) is 11.5 Å². The third kappa shape index (κ3) is 10.6. The number of likely N-dealkylation sites (N-methyl/N-ethyl adjacent to an activating group) is 1. The first-order valence-corrected chi connectivity index (χ1v) is 12.1. The molecule has 5 N–H and O–H groups in total. The van der Waals surface area contributed by atoms with E-state index in [1.165, 1.54) is 30.1 Å². The number of aliphatic hydroxyl groups excluding tert-OH is 3. The molecule has 216 valence electrons. The normalized spacial score (nSPS) is 20.8. The van der Waals surface area contributed by atoms with Gasteiger partial charge in [0, 0.05) is 50.7 Å². The van der Waals surface area contributed by atoms with Crippen molar-refractivity contribution in [1.29, 1.82) is 0 Å². The van der Waals surface area contributed by atoms with E-state index in [1.54, 1.807) is 0 Å². The van der Waals surface area contributed by atoms with Crippen molar-refractivity contribution in [2.45, 2.75) is 44.1 Å². The van der Waals surface area contributed by atoms with Crippen molar-refractivity contribution in [3.05, 3.63) is 35.9 Å². The number of amides is 2. The fourth-order valence-corrected chi connectivity index (χ4v) is 3.39. The molecule has 0 bridgehead atoms. The Bertz CT molecular complexity index is 1000. The zero-order chi connectivity index (χ0) is 28.8. The summed E-state index contributed by atoms with van der Waals surface area (Å²) >= 11 is 0. The molecule has 2 amide bonds. The van der Waals surface area contributed by atoms with Gasteiger partial charge in [-0.2, -0.15) is 0 Å². The Morgan fingerprint density at radius 3 is 2.67 bits per heavy atom. The lowest BCUT2D eigenvalue weighted by molar-refractivity contribution is -0.238. The van der Waals surface area contributed by atoms with Gasteiger partial charge in [0.1, 0.15) is 30.5 Å². The fourth-order valence-electron chi connectivity index (χ4n) is 3.39. The van der Waals surface area contributed by atoms with Gasteiger partial charge in [-0.1, -0.05) is 0 Å². The Kier molecular flexibility index (Phi) is 13.3. The van der Waals surface area contributed by atoms with Crippen LogP contribution in [-0.2, 0) is 35.3 Å². The van der Waals surface area contributed by atoms with E-state index in [9.17, 15) is 34.5 Å². The molecule has 14 nitrogen and oxygen atoms in total. The van der Waals surface area contributed by atoms with E-state index in [1.807, 2.05) is 0 Å². The zero-order valence-corrected chi connectivity index (χ0v) is 21.4. The number of carboxylic acid groups (broad SMARTS) is 1. The van der Waals surface area contributed by atoms with Gasteiger partial charge in [-0.3, -0.25) is 14.4 Å². The van der Waals surface area contributed by atoms with Gasteiger partial charge in [0.2, 0.25) is 18.1 Å². The number of aliphatic carboxylic acids is 1. The van der Waals surface area contributed by atoms with E-state index in [4.69, 9.17) is 24.1 Å². The minimum atomic E-state index is -1.47. The second kappa shape index (κ2) is 16.4. The molecule has 0 aromatic heterocycles. The van der Waals surface area contributed by atoms with E-state index in [0.29, 0.717) is 11.8 Å². The quantitative estimate of drug-likeness (QED) is 0.0910. The number of hydrogen-bond acceptors (Lipinski definition) is 11. The predicted molar refractivity (Wildman–Crippen MR) is 133 cm³/mol. The summed E-state index contributed by atoms with van der Waals surface area (Å²) in [6.07, 6.45) is -3.09. The molecule has 4 atom stereocenters. The second-order valence-electron chi connectivity index (χ2n) is 8.49. The zero-order valence-electron chi connectivity index (χ0n) is 21.4. The Labute approximate surface area is 224 Å². The van der Waals surface area contributed by atoms with Gasteiger partial charge in [-0.25, -0.2) is 4.79 Å². The molecule has 2 rings (SSSR count). The number of aldehydes is 1. The maximum atomic E-state index is 11.9. The van der Waals surface area contributed by atoms with E-state index in [0.717, 1.165) is 12.2 Å². The average molecular weight is 555 g/mol.